The SMILES string of the molecule is COc1cc2c(cc1OC)CN(C(=O)COC(=O)/C=C/c1ccc(OC(F)F)c(OC)c1)CC2. The van der Waals surface area contributed by atoms with Crippen LogP contribution in [-0.2, 0) is 27.3 Å². The van der Waals surface area contributed by atoms with Gasteiger partial charge < -0.3 is 28.6 Å². The first kappa shape index (κ1) is 24.8. The highest BCUT2D eigenvalue weighted by Crippen LogP contribution is 2.33. The predicted molar refractivity (Wildman–Crippen MR) is 118 cm³/mol. The fourth-order valence-electron chi connectivity index (χ4n) is 3.51. The third-order valence-electron chi connectivity index (χ3n) is 5.22. The van der Waals surface area contributed by atoms with Crippen molar-refractivity contribution in [3.05, 3.63) is 53.1 Å². The minimum atomic E-state index is -2.99. The zero-order valence-corrected chi connectivity index (χ0v) is 19.0. The molecule has 10 heteroatoms. The van der Waals surface area contributed by atoms with Crippen LogP contribution in [0.3, 0.4) is 0 Å². The van der Waals surface area contributed by atoms with Crippen LogP contribution < -0.4 is 18.9 Å². The van der Waals surface area contributed by atoms with E-state index in [1.165, 1.54) is 31.4 Å². The number of carbonyl (C=O) groups excluding carboxylic acids is 2. The smallest absolute Gasteiger partial charge is 0.387 e. The molecule has 1 amide bonds. The molecule has 0 saturated heterocycles. The van der Waals surface area contributed by atoms with Gasteiger partial charge in [-0.05, 0) is 53.5 Å². The molecule has 0 spiro atoms. The van der Waals surface area contributed by atoms with E-state index in [4.69, 9.17) is 18.9 Å². The second-order valence-electron chi connectivity index (χ2n) is 7.27. The predicted octanol–water partition coefficient (Wildman–Crippen LogP) is 3.46. The molecular weight excluding hydrogens is 452 g/mol. The number of alkyl halides is 2. The Bertz CT molecular complexity index is 1070. The highest BCUT2D eigenvalue weighted by molar-refractivity contribution is 5.89. The van der Waals surface area contributed by atoms with Crippen molar-refractivity contribution in [2.24, 2.45) is 0 Å². The molecule has 0 aliphatic carbocycles. The zero-order chi connectivity index (χ0) is 24.7. The maximum absolute atomic E-state index is 12.6. The number of esters is 1. The summed E-state index contributed by atoms with van der Waals surface area (Å²) >= 11 is 0. The first-order valence-corrected chi connectivity index (χ1v) is 10.3. The van der Waals surface area contributed by atoms with E-state index in [1.54, 1.807) is 19.1 Å². The average Bonchev–Trinajstić information content (AvgIpc) is 2.84. The molecule has 3 rings (SSSR count). The van der Waals surface area contributed by atoms with Gasteiger partial charge in [0, 0.05) is 19.2 Å². The number of rotatable bonds is 9. The lowest BCUT2D eigenvalue weighted by molar-refractivity contribution is -0.148. The molecule has 1 aliphatic rings. The maximum Gasteiger partial charge on any atom is 0.387 e. The number of halogens is 2. The standard InChI is InChI=1S/C24H25F2NO7/c1-30-19-10-15(4-6-18(19)34-24(25)26)5-7-23(29)33-14-22(28)27-9-8-16-11-20(31-2)21(32-3)12-17(16)13-27/h4-7,10-12,24H,8-9,13-14H2,1-3H3/b7-5+. The molecule has 0 aromatic heterocycles. The fraction of sp³-hybridized carbons (Fsp3) is 0.333. The summed E-state index contributed by atoms with van der Waals surface area (Å²) in [7, 11) is 4.43. The van der Waals surface area contributed by atoms with Crippen LogP contribution in [0.5, 0.6) is 23.0 Å². The summed E-state index contributed by atoms with van der Waals surface area (Å²) in [5.74, 6) is 0.141. The van der Waals surface area contributed by atoms with Crippen molar-refractivity contribution in [2.75, 3.05) is 34.5 Å². The minimum absolute atomic E-state index is 0.0885. The van der Waals surface area contributed by atoms with Crippen LogP contribution in [0.1, 0.15) is 16.7 Å². The van der Waals surface area contributed by atoms with Gasteiger partial charge in [0.05, 0.1) is 21.3 Å². The quantitative estimate of drug-likeness (QED) is 0.404. The molecule has 2 aromatic rings. The highest BCUT2D eigenvalue weighted by Gasteiger charge is 2.23. The van der Waals surface area contributed by atoms with Gasteiger partial charge in [0.15, 0.2) is 29.6 Å². The van der Waals surface area contributed by atoms with Gasteiger partial charge in [-0.3, -0.25) is 4.79 Å². The number of fused-ring (bicyclic) bond motifs is 1. The number of methoxy groups -OCH3 is 3. The Balaban J connectivity index is 1.55. The zero-order valence-electron chi connectivity index (χ0n) is 19.0. The maximum atomic E-state index is 12.6. The number of hydrogen-bond acceptors (Lipinski definition) is 7. The van der Waals surface area contributed by atoms with Gasteiger partial charge in [-0.1, -0.05) is 6.07 Å². The molecule has 1 heterocycles. The summed E-state index contributed by atoms with van der Waals surface area (Å²) < 4.78 is 49.9. The normalized spacial score (nSPS) is 12.9. The van der Waals surface area contributed by atoms with Crippen LogP contribution in [0.4, 0.5) is 8.78 Å². The van der Waals surface area contributed by atoms with Crippen LogP contribution >= 0.6 is 0 Å². The molecule has 0 radical (unpaired) electrons. The summed E-state index contributed by atoms with van der Waals surface area (Å²) in [4.78, 5) is 26.2. The van der Waals surface area contributed by atoms with E-state index in [0.717, 1.165) is 17.2 Å². The summed E-state index contributed by atoms with van der Waals surface area (Å²) in [6.07, 6.45) is 3.19. The molecule has 0 N–H and O–H groups in total. The number of hydrogen-bond donors (Lipinski definition) is 0. The van der Waals surface area contributed by atoms with Crippen LogP contribution in [0.25, 0.3) is 6.08 Å². The van der Waals surface area contributed by atoms with Crippen LogP contribution in [0.15, 0.2) is 36.4 Å². The Labute approximate surface area is 195 Å². The van der Waals surface area contributed by atoms with Crippen molar-refractivity contribution in [2.45, 2.75) is 19.6 Å². The van der Waals surface area contributed by atoms with E-state index in [9.17, 15) is 18.4 Å². The van der Waals surface area contributed by atoms with Crippen molar-refractivity contribution in [3.63, 3.8) is 0 Å². The summed E-state index contributed by atoms with van der Waals surface area (Å²) in [6, 6.07) is 7.96. The van der Waals surface area contributed by atoms with Gasteiger partial charge in [-0.15, -0.1) is 0 Å². The number of amides is 1. The average molecular weight is 477 g/mol. The van der Waals surface area contributed by atoms with E-state index < -0.39 is 19.2 Å². The number of nitrogens with zero attached hydrogens (tertiary/aromatic N) is 1. The van der Waals surface area contributed by atoms with Gasteiger partial charge in [-0.25, -0.2) is 4.79 Å². The number of ether oxygens (including phenoxy) is 5. The Morgan fingerprint density at radius 3 is 2.26 bits per heavy atom. The lowest BCUT2D eigenvalue weighted by atomic mass is 9.99. The van der Waals surface area contributed by atoms with Gasteiger partial charge in [0.1, 0.15) is 0 Å². The molecule has 0 saturated carbocycles. The van der Waals surface area contributed by atoms with Crippen LogP contribution in [-0.4, -0.2) is 57.9 Å². The van der Waals surface area contributed by atoms with E-state index in [2.05, 4.69) is 4.74 Å². The first-order chi connectivity index (χ1) is 16.3. The van der Waals surface area contributed by atoms with Crippen molar-refractivity contribution >= 4 is 18.0 Å². The number of benzene rings is 2. The largest absolute Gasteiger partial charge is 0.493 e. The lowest BCUT2D eigenvalue weighted by Gasteiger charge is -2.29. The van der Waals surface area contributed by atoms with Gasteiger partial charge in [0.25, 0.3) is 5.91 Å². The van der Waals surface area contributed by atoms with Crippen LogP contribution in [0, 0.1) is 0 Å². The second-order valence-corrected chi connectivity index (χ2v) is 7.27. The Morgan fingerprint density at radius 1 is 0.971 bits per heavy atom. The van der Waals surface area contributed by atoms with Gasteiger partial charge in [-0.2, -0.15) is 8.78 Å². The molecule has 0 bridgehead atoms. The van der Waals surface area contributed by atoms with Gasteiger partial charge >= 0.3 is 12.6 Å². The molecule has 0 atom stereocenters. The van der Waals surface area contributed by atoms with E-state index in [0.29, 0.717) is 36.6 Å². The Kier molecular flexibility index (Phi) is 8.29. The summed E-state index contributed by atoms with van der Waals surface area (Å²) in [5, 5.41) is 0. The van der Waals surface area contributed by atoms with Gasteiger partial charge in [0.2, 0.25) is 0 Å². The molecular formula is C24H25F2NO7. The van der Waals surface area contributed by atoms with E-state index in [1.807, 2.05) is 12.1 Å². The monoisotopic (exact) mass is 477 g/mol. The third-order valence-corrected chi connectivity index (χ3v) is 5.22. The lowest BCUT2D eigenvalue weighted by Crippen LogP contribution is -2.38. The number of carbonyl (C=O) groups is 2. The fourth-order valence-corrected chi connectivity index (χ4v) is 3.51. The highest BCUT2D eigenvalue weighted by atomic mass is 19.3. The van der Waals surface area contributed by atoms with Crippen LogP contribution in [0.2, 0.25) is 0 Å². The first-order valence-electron chi connectivity index (χ1n) is 10.3. The topological polar surface area (TPSA) is 83.5 Å². The summed E-state index contributed by atoms with van der Waals surface area (Å²) in [6.45, 7) is -2.53. The molecule has 0 fully saturated rings. The Morgan fingerprint density at radius 2 is 1.62 bits per heavy atom. The van der Waals surface area contributed by atoms with E-state index >= 15 is 0 Å². The molecule has 2 aromatic carbocycles. The minimum Gasteiger partial charge on any atom is -0.493 e. The molecule has 8 nitrogen and oxygen atoms in total. The second kappa shape index (κ2) is 11.4. The van der Waals surface area contributed by atoms with E-state index in [-0.39, 0.29) is 17.4 Å². The molecule has 1 aliphatic heterocycles. The third kappa shape index (κ3) is 6.15. The molecule has 34 heavy (non-hydrogen) atoms. The van der Waals surface area contributed by atoms with Crippen molar-refractivity contribution in [1.29, 1.82) is 0 Å². The summed E-state index contributed by atoms with van der Waals surface area (Å²) in [5.41, 5.74) is 2.51. The van der Waals surface area contributed by atoms with Crippen molar-refractivity contribution in [3.8, 4) is 23.0 Å². The van der Waals surface area contributed by atoms with Crippen molar-refractivity contribution in [1.82, 2.24) is 4.90 Å². The molecule has 182 valence electrons. The Hall–Kier alpha value is -3.82. The molecule has 0 unspecified atom stereocenters. The van der Waals surface area contributed by atoms with Crippen molar-refractivity contribution < 1.29 is 42.1 Å².